The van der Waals surface area contributed by atoms with E-state index in [0.717, 1.165) is 77.8 Å². The molecular weight excluding hydrogens is 741 g/mol. The van der Waals surface area contributed by atoms with Crippen LogP contribution in [0.25, 0.3) is 106 Å². The van der Waals surface area contributed by atoms with Gasteiger partial charge in [-0.1, -0.05) is 182 Å². The molecule has 0 unspecified atom stereocenters. The maximum absolute atomic E-state index is 9.40. The van der Waals surface area contributed by atoms with Gasteiger partial charge in [-0.15, -0.1) is 0 Å². The van der Waals surface area contributed by atoms with Crippen LogP contribution in [0.5, 0.6) is 0 Å². The van der Waals surface area contributed by atoms with E-state index in [1.54, 1.807) is 0 Å². The third-order valence-corrected chi connectivity index (χ3v) is 11.1. The van der Waals surface area contributed by atoms with Gasteiger partial charge in [0.25, 0.3) is 0 Å². The predicted molar refractivity (Wildman–Crippen MR) is 252 cm³/mol. The summed E-state index contributed by atoms with van der Waals surface area (Å²) < 4.78 is 38.5. The minimum absolute atomic E-state index is 0.0781. The van der Waals surface area contributed by atoms with Crippen molar-refractivity contribution < 1.29 is 5.48 Å². The number of hydrogen-bond donors (Lipinski definition) is 0. The highest BCUT2D eigenvalue weighted by molar-refractivity contribution is 6.16. The highest BCUT2D eigenvalue weighted by Gasteiger charge is 2.18. The van der Waals surface area contributed by atoms with Gasteiger partial charge in [-0.05, 0) is 93.0 Å². The molecule has 0 amide bonds. The summed E-state index contributed by atoms with van der Waals surface area (Å²) >= 11 is 0. The summed E-state index contributed by atoms with van der Waals surface area (Å²) in [4.78, 5) is 14.8. The van der Waals surface area contributed by atoms with Crippen molar-refractivity contribution in [1.82, 2.24) is 19.5 Å². The minimum atomic E-state index is -0.281. The molecule has 0 saturated heterocycles. The Bertz CT molecular complexity index is 3460. The minimum Gasteiger partial charge on any atom is -0.309 e. The normalized spacial score (nSPS) is 12.2. The third-order valence-electron chi connectivity index (χ3n) is 11.1. The molecule has 11 rings (SSSR count). The monoisotopic (exact) mass is 782 g/mol. The Balaban J connectivity index is 1.09. The molecule has 0 bridgehead atoms. The van der Waals surface area contributed by atoms with E-state index in [0.29, 0.717) is 28.4 Å². The zero-order chi connectivity index (χ0) is 44.0. The first-order valence-corrected chi connectivity index (χ1v) is 20.3. The fraction of sp³-hybridized carbons (Fsp3) is 0. The van der Waals surface area contributed by atoms with Gasteiger partial charge in [0.2, 0.25) is 0 Å². The van der Waals surface area contributed by atoms with Crippen molar-refractivity contribution in [3.05, 3.63) is 230 Å². The molecule has 11 aromatic rings. The van der Waals surface area contributed by atoms with Crippen LogP contribution in [0.4, 0.5) is 0 Å². The lowest BCUT2D eigenvalue weighted by atomic mass is 9.91. The Kier molecular flexibility index (Phi) is 8.07. The zero-order valence-electron chi connectivity index (χ0n) is 36.9. The Morgan fingerprint density at radius 3 is 1.38 bits per heavy atom. The van der Waals surface area contributed by atoms with Crippen LogP contribution in [0.15, 0.2) is 230 Å². The van der Waals surface area contributed by atoms with Crippen molar-refractivity contribution in [2.45, 2.75) is 0 Å². The molecule has 0 aliphatic carbocycles. The Labute approximate surface area is 360 Å². The summed E-state index contributed by atoms with van der Waals surface area (Å²) in [6.07, 6.45) is 0. The maximum atomic E-state index is 9.40. The number of para-hydroxylation sites is 1. The van der Waals surface area contributed by atoms with E-state index in [1.807, 2.05) is 138 Å². The summed E-state index contributed by atoms with van der Waals surface area (Å²) in [5.41, 5.74) is 12.5. The van der Waals surface area contributed by atoms with E-state index in [-0.39, 0.29) is 24.2 Å². The number of hydrogen-bond acceptors (Lipinski definition) is 3. The number of nitrogens with zero attached hydrogens (tertiary/aromatic N) is 4. The van der Waals surface area contributed by atoms with Crippen LogP contribution in [-0.2, 0) is 0 Å². The quantitative estimate of drug-likeness (QED) is 0.154. The third kappa shape index (κ3) is 6.86. The first-order valence-electron chi connectivity index (χ1n) is 22.3. The first-order chi connectivity index (χ1) is 31.9. The van der Waals surface area contributed by atoms with E-state index in [4.69, 9.17) is 17.7 Å². The number of aromatic nitrogens is 4. The summed E-state index contributed by atoms with van der Waals surface area (Å²) in [5.74, 6) is 1.72. The molecule has 0 aliphatic heterocycles. The Morgan fingerprint density at radius 1 is 0.328 bits per heavy atom. The molecule has 4 nitrogen and oxygen atoms in total. The molecule has 2 heterocycles. The molecule has 9 aromatic carbocycles. The van der Waals surface area contributed by atoms with Gasteiger partial charge in [0.1, 0.15) is 0 Å². The van der Waals surface area contributed by atoms with Crippen LogP contribution in [0.1, 0.15) is 5.48 Å². The van der Waals surface area contributed by atoms with Crippen LogP contribution in [0, 0.1) is 0 Å². The van der Waals surface area contributed by atoms with E-state index >= 15 is 0 Å². The standard InChI is InChI=1S/C57H38N4/c1-5-18-39(19-6-1)46-35-47(40-20-7-2-8-21-40)37-48(36-46)50-31-17-33-53-54(50)51-30-13-14-32-52(51)61(53)49-29-16-27-44(38-49)43-26-15-28-45(34-43)57-59-55(41-22-9-3-10-23-41)58-56(60-57)42-24-11-4-12-25-42/h1-38H/i13D,14D,30D,32D. The molecule has 0 spiro atoms. The summed E-state index contributed by atoms with van der Waals surface area (Å²) in [7, 11) is 0. The van der Waals surface area contributed by atoms with Gasteiger partial charge < -0.3 is 4.57 Å². The second-order valence-corrected chi connectivity index (χ2v) is 15.0. The highest BCUT2D eigenvalue weighted by atomic mass is 15.0. The topological polar surface area (TPSA) is 43.6 Å². The van der Waals surface area contributed by atoms with Gasteiger partial charge in [0.05, 0.1) is 16.5 Å². The zero-order valence-corrected chi connectivity index (χ0v) is 32.9. The molecule has 0 aliphatic rings. The SMILES string of the molecule is [2H]c1c([2H])c([2H])c2c(c1[2H])c1c(-c3cc(-c4ccccc4)cc(-c4ccccc4)c3)cccc1n2-c1cccc(-c2cccc(-c3nc(-c4ccccc4)nc(-c4ccccc4)n3)c2)c1. The van der Waals surface area contributed by atoms with Crippen molar-refractivity contribution in [3.63, 3.8) is 0 Å². The van der Waals surface area contributed by atoms with Crippen molar-refractivity contribution in [1.29, 1.82) is 0 Å². The largest absolute Gasteiger partial charge is 0.309 e. The van der Waals surface area contributed by atoms with Gasteiger partial charge in [-0.25, -0.2) is 15.0 Å². The summed E-state index contributed by atoms with van der Waals surface area (Å²) in [6, 6.07) is 68.6. The second kappa shape index (κ2) is 15.5. The van der Waals surface area contributed by atoms with Crippen LogP contribution >= 0.6 is 0 Å². The van der Waals surface area contributed by atoms with E-state index in [2.05, 4.69) is 72.8 Å². The molecule has 0 N–H and O–H groups in total. The van der Waals surface area contributed by atoms with Gasteiger partial charge in [-0.3, -0.25) is 0 Å². The molecule has 4 heteroatoms. The molecule has 0 saturated carbocycles. The fourth-order valence-electron chi connectivity index (χ4n) is 8.25. The maximum Gasteiger partial charge on any atom is 0.164 e. The number of fused-ring (bicyclic) bond motifs is 3. The molecule has 0 radical (unpaired) electrons. The van der Waals surface area contributed by atoms with Crippen LogP contribution in [-0.4, -0.2) is 19.5 Å². The summed E-state index contributed by atoms with van der Waals surface area (Å²) in [6.45, 7) is 0. The number of rotatable bonds is 8. The molecule has 0 fully saturated rings. The van der Waals surface area contributed by atoms with Crippen molar-refractivity contribution >= 4 is 21.8 Å². The molecule has 0 atom stereocenters. The van der Waals surface area contributed by atoms with Gasteiger partial charge in [-0.2, -0.15) is 0 Å². The van der Waals surface area contributed by atoms with Gasteiger partial charge in [0, 0.05) is 33.2 Å². The lowest BCUT2D eigenvalue weighted by Crippen LogP contribution is -2.00. The molecule has 2 aromatic heterocycles. The highest BCUT2D eigenvalue weighted by Crippen LogP contribution is 2.41. The van der Waals surface area contributed by atoms with Crippen LogP contribution < -0.4 is 0 Å². The summed E-state index contributed by atoms with van der Waals surface area (Å²) in [5, 5.41) is 1.23. The van der Waals surface area contributed by atoms with Gasteiger partial charge >= 0.3 is 0 Å². The van der Waals surface area contributed by atoms with Gasteiger partial charge in [0.15, 0.2) is 17.5 Å². The lowest BCUT2D eigenvalue weighted by molar-refractivity contribution is 1.07. The first kappa shape index (κ1) is 31.7. The fourth-order valence-corrected chi connectivity index (χ4v) is 8.25. The Hall–Kier alpha value is -8.21. The van der Waals surface area contributed by atoms with Crippen molar-refractivity contribution in [2.75, 3.05) is 0 Å². The van der Waals surface area contributed by atoms with Crippen molar-refractivity contribution in [2.24, 2.45) is 0 Å². The average Bonchev–Trinajstić information content (AvgIpc) is 3.74. The average molecular weight is 783 g/mol. The second-order valence-electron chi connectivity index (χ2n) is 15.0. The molecule has 286 valence electrons. The predicted octanol–water partition coefficient (Wildman–Crippen LogP) is 14.6. The molecule has 61 heavy (non-hydrogen) atoms. The van der Waals surface area contributed by atoms with E-state index in [1.165, 1.54) is 0 Å². The Morgan fingerprint density at radius 2 is 0.770 bits per heavy atom. The van der Waals surface area contributed by atoms with E-state index in [9.17, 15) is 2.74 Å². The van der Waals surface area contributed by atoms with E-state index < -0.39 is 0 Å². The van der Waals surface area contributed by atoms with Crippen LogP contribution in [0.3, 0.4) is 0 Å². The molecular formula is C57H38N4. The number of benzene rings is 9. The smallest absolute Gasteiger partial charge is 0.164 e. The van der Waals surface area contributed by atoms with Crippen molar-refractivity contribution in [3.8, 4) is 84.4 Å². The van der Waals surface area contributed by atoms with Crippen LogP contribution in [0.2, 0.25) is 0 Å². The lowest BCUT2D eigenvalue weighted by Gasteiger charge is -2.13.